The lowest BCUT2D eigenvalue weighted by Gasteiger charge is -2.13. The lowest BCUT2D eigenvalue weighted by atomic mass is 10.2. The molecule has 0 atom stereocenters. The molecule has 0 fully saturated rings. The molecule has 0 aliphatic carbocycles. The third-order valence-corrected chi connectivity index (χ3v) is 2.75. The Bertz CT molecular complexity index is 603. The summed E-state index contributed by atoms with van der Waals surface area (Å²) in [6.45, 7) is 0. The molecule has 0 radical (unpaired) electrons. The molecule has 0 aliphatic heterocycles. The number of anilines is 2. The predicted molar refractivity (Wildman–Crippen MR) is 74.1 cm³/mol. The highest BCUT2D eigenvalue weighted by Gasteiger charge is 2.12. The van der Waals surface area contributed by atoms with Crippen LogP contribution >= 0.6 is 11.6 Å². The average Bonchev–Trinajstić information content (AvgIpc) is 2.40. The molecule has 0 bridgehead atoms. The zero-order valence-corrected chi connectivity index (χ0v) is 11.5. The van der Waals surface area contributed by atoms with Crippen LogP contribution in [0.25, 0.3) is 11.4 Å². The van der Waals surface area contributed by atoms with Crippen molar-refractivity contribution in [3.05, 3.63) is 29.0 Å². The van der Waals surface area contributed by atoms with E-state index in [0.717, 1.165) is 0 Å². The maximum atomic E-state index is 13.3. The van der Waals surface area contributed by atoms with Gasteiger partial charge in [-0.3, -0.25) is 0 Å². The number of rotatable bonds is 3. The van der Waals surface area contributed by atoms with E-state index in [1.54, 1.807) is 11.9 Å². The van der Waals surface area contributed by atoms with Gasteiger partial charge in [-0.15, -0.1) is 0 Å². The van der Waals surface area contributed by atoms with Gasteiger partial charge in [-0.25, -0.2) is 4.39 Å². The third kappa shape index (κ3) is 2.90. The number of benzene rings is 1. The minimum absolute atomic E-state index is 0.326. The van der Waals surface area contributed by atoms with Crippen molar-refractivity contribution in [2.75, 3.05) is 31.4 Å². The first-order valence-electron chi connectivity index (χ1n) is 5.58. The standard InChI is InChI=1S/C12H13ClFN5/c1-15-11-16-10(17-12(18-11)19(2)3)8-6-7(14)4-5-9(8)13/h4-6H,1-3H3,(H,15,16,17,18). The van der Waals surface area contributed by atoms with E-state index < -0.39 is 5.82 Å². The van der Waals surface area contributed by atoms with Crippen molar-refractivity contribution in [3.8, 4) is 11.4 Å². The van der Waals surface area contributed by atoms with Crippen LogP contribution in [0.2, 0.25) is 5.02 Å². The molecule has 7 heteroatoms. The number of nitrogens with one attached hydrogen (secondary N) is 1. The highest BCUT2D eigenvalue weighted by molar-refractivity contribution is 6.33. The number of halogens is 2. The van der Waals surface area contributed by atoms with E-state index in [0.29, 0.717) is 28.3 Å². The van der Waals surface area contributed by atoms with Gasteiger partial charge in [0, 0.05) is 26.7 Å². The van der Waals surface area contributed by atoms with Gasteiger partial charge in [0.15, 0.2) is 5.82 Å². The smallest absolute Gasteiger partial charge is 0.230 e. The Labute approximate surface area is 115 Å². The molecule has 5 nitrogen and oxygen atoms in total. The quantitative estimate of drug-likeness (QED) is 0.936. The monoisotopic (exact) mass is 281 g/mol. The van der Waals surface area contributed by atoms with Gasteiger partial charge < -0.3 is 10.2 Å². The fourth-order valence-corrected chi connectivity index (χ4v) is 1.67. The number of aromatic nitrogens is 3. The maximum Gasteiger partial charge on any atom is 0.230 e. The van der Waals surface area contributed by atoms with Crippen molar-refractivity contribution < 1.29 is 4.39 Å². The van der Waals surface area contributed by atoms with Gasteiger partial charge in [0.1, 0.15) is 5.82 Å². The van der Waals surface area contributed by atoms with E-state index >= 15 is 0 Å². The summed E-state index contributed by atoms with van der Waals surface area (Å²) in [5.41, 5.74) is 0.434. The van der Waals surface area contributed by atoms with Crippen molar-refractivity contribution in [1.29, 1.82) is 0 Å². The molecule has 0 saturated heterocycles. The SMILES string of the molecule is CNc1nc(-c2cc(F)ccc2Cl)nc(N(C)C)n1. The Balaban J connectivity index is 2.60. The van der Waals surface area contributed by atoms with Crippen molar-refractivity contribution in [3.63, 3.8) is 0 Å². The summed E-state index contributed by atoms with van der Waals surface area (Å²) in [5, 5.41) is 3.23. The molecular weight excluding hydrogens is 269 g/mol. The molecule has 1 N–H and O–H groups in total. The molecule has 0 unspecified atom stereocenters. The lowest BCUT2D eigenvalue weighted by Crippen LogP contribution is -2.15. The highest BCUT2D eigenvalue weighted by atomic mass is 35.5. The number of hydrogen-bond acceptors (Lipinski definition) is 5. The van der Waals surface area contributed by atoms with Gasteiger partial charge in [0.2, 0.25) is 11.9 Å². The van der Waals surface area contributed by atoms with Crippen LogP contribution in [0.4, 0.5) is 16.3 Å². The first kappa shape index (κ1) is 13.5. The highest BCUT2D eigenvalue weighted by Crippen LogP contribution is 2.27. The first-order valence-corrected chi connectivity index (χ1v) is 5.95. The topological polar surface area (TPSA) is 53.9 Å². The largest absolute Gasteiger partial charge is 0.357 e. The van der Waals surface area contributed by atoms with Crippen LogP contribution in [-0.4, -0.2) is 36.1 Å². The fourth-order valence-electron chi connectivity index (χ4n) is 1.47. The van der Waals surface area contributed by atoms with Gasteiger partial charge in [0.05, 0.1) is 5.02 Å². The lowest BCUT2D eigenvalue weighted by molar-refractivity contribution is 0.628. The second-order valence-corrected chi connectivity index (χ2v) is 4.46. The van der Waals surface area contributed by atoms with Gasteiger partial charge in [-0.05, 0) is 18.2 Å². The molecule has 19 heavy (non-hydrogen) atoms. The summed E-state index contributed by atoms with van der Waals surface area (Å²) in [6, 6.07) is 4.07. The zero-order valence-electron chi connectivity index (χ0n) is 10.8. The summed E-state index contributed by atoms with van der Waals surface area (Å²) in [7, 11) is 5.32. The average molecular weight is 282 g/mol. The van der Waals surface area contributed by atoms with Gasteiger partial charge >= 0.3 is 0 Å². The van der Waals surface area contributed by atoms with Crippen LogP contribution < -0.4 is 10.2 Å². The van der Waals surface area contributed by atoms with Crippen molar-refractivity contribution in [2.24, 2.45) is 0 Å². The van der Waals surface area contributed by atoms with E-state index in [1.165, 1.54) is 18.2 Å². The van der Waals surface area contributed by atoms with Gasteiger partial charge in [0.25, 0.3) is 0 Å². The second-order valence-electron chi connectivity index (χ2n) is 4.05. The van der Waals surface area contributed by atoms with Crippen LogP contribution in [0.3, 0.4) is 0 Å². The Morgan fingerprint density at radius 3 is 2.58 bits per heavy atom. The van der Waals surface area contributed by atoms with E-state index in [2.05, 4.69) is 20.3 Å². The molecule has 1 aromatic heterocycles. The molecule has 0 saturated carbocycles. The molecule has 100 valence electrons. The number of nitrogens with zero attached hydrogens (tertiary/aromatic N) is 4. The van der Waals surface area contributed by atoms with Crippen LogP contribution in [0, 0.1) is 5.82 Å². The van der Waals surface area contributed by atoms with E-state index in [9.17, 15) is 4.39 Å². The van der Waals surface area contributed by atoms with E-state index in [1.807, 2.05) is 14.1 Å². The minimum Gasteiger partial charge on any atom is -0.357 e. The van der Waals surface area contributed by atoms with E-state index in [4.69, 9.17) is 11.6 Å². The summed E-state index contributed by atoms with van der Waals surface area (Å²) >= 11 is 6.06. The minimum atomic E-state index is -0.391. The predicted octanol–water partition coefficient (Wildman–Crippen LogP) is 2.44. The Hall–Kier alpha value is -1.95. The summed E-state index contributed by atoms with van der Waals surface area (Å²) < 4.78 is 13.3. The van der Waals surface area contributed by atoms with Crippen molar-refractivity contribution in [1.82, 2.24) is 15.0 Å². The third-order valence-electron chi connectivity index (χ3n) is 2.42. The fraction of sp³-hybridized carbons (Fsp3) is 0.250. The maximum absolute atomic E-state index is 13.3. The van der Waals surface area contributed by atoms with Crippen molar-refractivity contribution >= 4 is 23.5 Å². The Morgan fingerprint density at radius 2 is 1.95 bits per heavy atom. The van der Waals surface area contributed by atoms with Crippen molar-refractivity contribution in [2.45, 2.75) is 0 Å². The molecular formula is C12H13ClFN5. The first-order chi connectivity index (χ1) is 9.01. The van der Waals surface area contributed by atoms with Crippen LogP contribution in [-0.2, 0) is 0 Å². The number of hydrogen-bond donors (Lipinski definition) is 1. The van der Waals surface area contributed by atoms with Crippen LogP contribution in [0.1, 0.15) is 0 Å². The van der Waals surface area contributed by atoms with Crippen LogP contribution in [0.15, 0.2) is 18.2 Å². The van der Waals surface area contributed by atoms with Crippen LogP contribution in [0.5, 0.6) is 0 Å². The Kier molecular flexibility index (Phi) is 3.80. The van der Waals surface area contributed by atoms with E-state index in [-0.39, 0.29) is 0 Å². The van der Waals surface area contributed by atoms with Gasteiger partial charge in [-0.1, -0.05) is 11.6 Å². The molecule has 0 amide bonds. The summed E-state index contributed by atoms with van der Waals surface area (Å²) in [6.07, 6.45) is 0. The molecule has 1 aromatic carbocycles. The summed E-state index contributed by atoms with van der Waals surface area (Å²) in [5.74, 6) is 0.800. The molecule has 1 heterocycles. The second kappa shape index (κ2) is 5.36. The molecule has 2 rings (SSSR count). The van der Waals surface area contributed by atoms with Gasteiger partial charge in [-0.2, -0.15) is 15.0 Å². The summed E-state index contributed by atoms with van der Waals surface area (Å²) in [4.78, 5) is 14.4. The Morgan fingerprint density at radius 1 is 1.21 bits per heavy atom. The normalized spacial score (nSPS) is 10.4. The molecule has 0 aliphatic rings. The zero-order chi connectivity index (χ0) is 14.0. The molecule has 0 spiro atoms. The molecule has 2 aromatic rings.